The largest absolute Gasteiger partial charge is 0.325 e. The molecule has 1 heterocycles. The molecule has 0 saturated heterocycles. The molecule has 1 aromatic carbocycles. The van der Waals surface area contributed by atoms with Gasteiger partial charge in [-0.2, -0.15) is 0 Å². The minimum absolute atomic E-state index is 0.0152. The Balaban J connectivity index is 2.02. The molecule has 0 aliphatic rings. The molecule has 3 N–H and O–H groups in total. The zero-order valence-corrected chi connectivity index (χ0v) is 15.2. The number of primary sulfonamides is 1. The minimum Gasteiger partial charge on any atom is -0.325 e. The smallest absolute Gasteiger partial charge is 0.241 e. The van der Waals surface area contributed by atoms with Crippen molar-refractivity contribution in [2.75, 3.05) is 11.9 Å². The molecule has 1 amide bonds. The van der Waals surface area contributed by atoms with E-state index in [2.05, 4.69) is 10.2 Å². The number of nitrogens with one attached hydrogen (secondary N) is 1. The molecule has 0 fully saturated rings. The molecule has 1 aromatic heterocycles. The summed E-state index contributed by atoms with van der Waals surface area (Å²) in [5, 5.41) is 9.87. The molecule has 24 heavy (non-hydrogen) atoms. The van der Waals surface area contributed by atoms with Gasteiger partial charge in [-0.15, -0.1) is 11.3 Å². The summed E-state index contributed by atoms with van der Waals surface area (Å²) in [7, 11) is -3.73. The van der Waals surface area contributed by atoms with Crippen molar-refractivity contribution >= 4 is 33.0 Å². The predicted molar refractivity (Wildman–Crippen MR) is 96.3 cm³/mol. The van der Waals surface area contributed by atoms with E-state index in [0.29, 0.717) is 12.2 Å². The summed E-state index contributed by atoms with van der Waals surface area (Å²) < 4.78 is 22.5. The first-order chi connectivity index (χ1) is 11.3. The van der Waals surface area contributed by atoms with Crippen molar-refractivity contribution in [2.45, 2.75) is 31.3 Å². The number of carbonyl (C=O) groups excluding carboxylic acids is 1. The normalized spacial score (nSPS) is 13.0. The van der Waals surface area contributed by atoms with E-state index in [1.807, 2.05) is 31.4 Å². The maximum absolute atomic E-state index is 12.4. The molecule has 6 nitrogen and oxygen atoms in total. The van der Waals surface area contributed by atoms with Gasteiger partial charge in [0.15, 0.2) is 0 Å². The molecule has 0 aliphatic carbocycles. The third-order valence-corrected chi connectivity index (χ3v) is 5.51. The molecule has 0 aliphatic heterocycles. The number of carbonyl (C=O) groups is 1. The number of rotatable bonds is 7. The lowest BCUT2D eigenvalue weighted by Gasteiger charge is -2.26. The average molecular weight is 367 g/mol. The molecule has 2 aromatic rings. The summed E-state index contributed by atoms with van der Waals surface area (Å²) in [6.07, 6.45) is 0. The average Bonchev–Trinajstić information content (AvgIpc) is 3.04. The van der Waals surface area contributed by atoms with Gasteiger partial charge < -0.3 is 5.32 Å². The fourth-order valence-electron chi connectivity index (χ4n) is 2.27. The standard InChI is InChI=1S/C16H21N3O3S2/c1-3-19(11-14-5-4-10-23-14)12(2)16(20)18-13-6-8-15(9-7-13)24(17,21)22/h4-10,12H,3,11H2,1-2H3,(H,18,20)(H2,17,21,22)/t12-/m1/s1. The molecule has 0 saturated carbocycles. The first-order valence-corrected chi connectivity index (χ1v) is 9.94. The van der Waals surface area contributed by atoms with Crippen molar-refractivity contribution in [3.8, 4) is 0 Å². The molecule has 0 unspecified atom stereocenters. The van der Waals surface area contributed by atoms with Crippen molar-refractivity contribution in [3.63, 3.8) is 0 Å². The van der Waals surface area contributed by atoms with Gasteiger partial charge in [0, 0.05) is 17.1 Å². The van der Waals surface area contributed by atoms with Crippen LogP contribution in [0.1, 0.15) is 18.7 Å². The third kappa shape index (κ3) is 4.88. The zero-order valence-electron chi connectivity index (χ0n) is 13.6. The van der Waals surface area contributed by atoms with Crippen molar-refractivity contribution < 1.29 is 13.2 Å². The highest BCUT2D eigenvalue weighted by Gasteiger charge is 2.20. The maximum Gasteiger partial charge on any atom is 0.241 e. The van der Waals surface area contributed by atoms with Gasteiger partial charge in [0.2, 0.25) is 15.9 Å². The van der Waals surface area contributed by atoms with Gasteiger partial charge >= 0.3 is 0 Å². The molecule has 8 heteroatoms. The SMILES string of the molecule is CCN(Cc1cccs1)[C@H](C)C(=O)Nc1ccc(S(N)(=O)=O)cc1. The van der Waals surface area contributed by atoms with E-state index in [1.54, 1.807) is 11.3 Å². The lowest BCUT2D eigenvalue weighted by Crippen LogP contribution is -2.41. The summed E-state index contributed by atoms with van der Waals surface area (Å²) in [4.78, 5) is 15.7. The molecular formula is C16H21N3O3S2. The maximum atomic E-state index is 12.4. The van der Waals surface area contributed by atoms with Crippen LogP contribution in [0.3, 0.4) is 0 Å². The number of amides is 1. The van der Waals surface area contributed by atoms with Crippen LogP contribution < -0.4 is 10.5 Å². The third-order valence-electron chi connectivity index (χ3n) is 3.72. The first kappa shape index (κ1) is 18.6. The number of hydrogen-bond donors (Lipinski definition) is 2. The van der Waals surface area contributed by atoms with Crippen LogP contribution in [-0.2, 0) is 21.4 Å². The zero-order chi connectivity index (χ0) is 17.7. The van der Waals surface area contributed by atoms with E-state index in [-0.39, 0.29) is 16.8 Å². The molecule has 1 atom stereocenters. The van der Waals surface area contributed by atoms with E-state index in [0.717, 1.165) is 6.54 Å². The Labute approximate surface area is 146 Å². The van der Waals surface area contributed by atoms with Crippen molar-refractivity contribution in [2.24, 2.45) is 5.14 Å². The van der Waals surface area contributed by atoms with Gasteiger partial charge in [0.25, 0.3) is 0 Å². The van der Waals surface area contributed by atoms with Crippen LogP contribution in [0.5, 0.6) is 0 Å². The molecule has 0 radical (unpaired) electrons. The number of hydrogen-bond acceptors (Lipinski definition) is 5. The van der Waals surface area contributed by atoms with Gasteiger partial charge in [0.05, 0.1) is 10.9 Å². The van der Waals surface area contributed by atoms with Crippen LogP contribution in [0, 0.1) is 0 Å². The Morgan fingerprint density at radius 2 is 1.96 bits per heavy atom. The number of thiophene rings is 1. The van der Waals surface area contributed by atoms with Gasteiger partial charge in [0.1, 0.15) is 0 Å². The monoisotopic (exact) mass is 367 g/mol. The van der Waals surface area contributed by atoms with Gasteiger partial charge in [-0.3, -0.25) is 9.69 Å². The number of benzene rings is 1. The van der Waals surface area contributed by atoms with Crippen molar-refractivity contribution in [1.82, 2.24) is 4.90 Å². The molecule has 2 rings (SSSR count). The highest BCUT2D eigenvalue weighted by molar-refractivity contribution is 7.89. The summed E-state index contributed by atoms with van der Waals surface area (Å²) in [6.45, 7) is 5.33. The number of likely N-dealkylation sites (N-methyl/N-ethyl adjacent to an activating group) is 1. The first-order valence-electron chi connectivity index (χ1n) is 7.51. The summed E-state index contributed by atoms with van der Waals surface area (Å²) in [6, 6.07) is 9.53. The molecule has 130 valence electrons. The van der Waals surface area contributed by atoms with E-state index in [9.17, 15) is 13.2 Å². The Morgan fingerprint density at radius 1 is 1.29 bits per heavy atom. The summed E-state index contributed by atoms with van der Waals surface area (Å²) in [5.41, 5.74) is 0.534. The number of nitrogens with two attached hydrogens (primary N) is 1. The van der Waals surface area contributed by atoms with Gasteiger partial charge in [-0.25, -0.2) is 13.6 Å². The predicted octanol–water partition coefficient (Wildman–Crippen LogP) is 2.24. The highest BCUT2D eigenvalue weighted by Crippen LogP contribution is 2.16. The van der Waals surface area contributed by atoms with E-state index >= 15 is 0 Å². The Kier molecular flexibility index (Phi) is 6.11. The minimum atomic E-state index is -3.73. The van der Waals surface area contributed by atoms with Crippen LogP contribution in [-0.4, -0.2) is 31.8 Å². The number of anilines is 1. The fraction of sp³-hybridized carbons (Fsp3) is 0.312. The molecule has 0 bridgehead atoms. The van der Waals surface area contributed by atoms with Crippen molar-refractivity contribution in [1.29, 1.82) is 0 Å². The van der Waals surface area contributed by atoms with E-state index in [1.165, 1.54) is 29.1 Å². The lowest BCUT2D eigenvalue weighted by molar-refractivity contribution is -0.120. The second kappa shape index (κ2) is 7.89. The van der Waals surface area contributed by atoms with Crippen LogP contribution in [0.2, 0.25) is 0 Å². The van der Waals surface area contributed by atoms with Gasteiger partial charge in [-0.05, 0) is 49.2 Å². The number of nitrogens with zero attached hydrogens (tertiary/aromatic N) is 1. The second-order valence-electron chi connectivity index (χ2n) is 5.38. The van der Waals surface area contributed by atoms with E-state index in [4.69, 9.17) is 5.14 Å². The van der Waals surface area contributed by atoms with Crippen LogP contribution in [0.4, 0.5) is 5.69 Å². The Morgan fingerprint density at radius 3 is 2.46 bits per heavy atom. The van der Waals surface area contributed by atoms with Crippen LogP contribution in [0.15, 0.2) is 46.7 Å². The Bertz CT molecular complexity index is 771. The van der Waals surface area contributed by atoms with Crippen LogP contribution >= 0.6 is 11.3 Å². The fourth-order valence-corrected chi connectivity index (χ4v) is 3.51. The van der Waals surface area contributed by atoms with Crippen molar-refractivity contribution in [3.05, 3.63) is 46.7 Å². The lowest BCUT2D eigenvalue weighted by atomic mass is 10.2. The summed E-state index contributed by atoms with van der Waals surface area (Å²) in [5.74, 6) is -0.142. The number of sulfonamides is 1. The highest BCUT2D eigenvalue weighted by atomic mass is 32.2. The molecule has 0 spiro atoms. The summed E-state index contributed by atoms with van der Waals surface area (Å²) >= 11 is 1.66. The molecular weight excluding hydrogens is 346 g/mol. The topological polar surface area (TPSA) is 92.5 Å². The Hall–Kier alpha value is -1.74. The van der Waals surface area contributed by atoms with E-state index < -0.39 is 10.0 Å². The second-order valence-corrected chi connectivity index (χ2v) is 7.97. The van der Waals surface area contributed by atoms with Gasteiger partial charge in [-0.1, -0.05) is 13.0 Å². The van der Waals surface area contributed by atoms with Crippen LogP contribution in [0.25, 0.3) is 0 Å². The quantitative estimate of drug-likeness (QED) is 0.785.